The Hall–Kier alpha value is -2.60. The van der Waals surface area contributed by atoms with Gasteiger partial charge in [0.15, 0.2) is 0 Å². The molecule has 20 heavy (non-hydrogen) atoms. The Bertz CT molecular complexity index is 674. The zero-order valence-corrected chi connectivity index (χ0v) is 10.8. The van der Waals surface area contributed by atoms with E-state index in [1.165, 1.54) is 12.1 Å². The molecule has 2 rings (SSSR count). The molecule has 2 N–H and O–H groups in total. The zero-order chi connectivity index (χ0) is 14.7. The third-order valence-electron chi connectivity index (χ3n) is 2.61. The summed E-state index contributed by atoms with van der Waals surface area (Å²) in [5.41, 5.74) is 0.667. The summed E-state index contributed by atoms with van der Waals surface area (Å²) in [6.45, 7) is 0. The highest BCUT2D eigenvalue weighted by atomic mass is 35.5. The summed E-state index contributed by atoms with van der Waals surface area (Å²) in [6.07, 6.45) is -1.39. The highest BCUT2D eigenvalue weighted by molar-refractivity contribution is 6.34. The third-order valence-corrected chi connectivity index (χ3v) is 2.92. The standard InChI is InChI=1S/C13H9ClN2O4/c14-10-7-11(15-13(17)18)12(16(19)20)6-9(10)8-4-2-1-3-5-8/h1-7,15H,(H,17,18). The summed E-state index contributed by atoms with van der Waals surface area (Å²) >= 11 is 6.07. The number of nitrogens with one attached hydrogen (secondary N) is 1. The first-order valence-corrected chi connectivity index (χ1v) is 5.90. The van der Waals surface area contributed by atoms with Crippen LogP contribution in [-0.2, 0) is 0 Å². The van der Waals surface area contributed by atoms with Crippen molar-refractivity contribution < 1.29 is 14.8 Å². The highest BCUT2D eigenvalue weighted by Crippen LogP contribution is 2.36. The number of anilines is 1. The van der Waals surface area contributed by atoms with E-state index in [4.69, 9.17) is 16.7 Å². The molecule has 1 amide bonds. The van der Waals surface area contributed by atoms with E-state index in [2.05, 4.69) is 0 Å². The van der Waals surface area contributed by atoms with Crippen LogP contribution in [0.2, 0.25) is 5.02 Å². The van der Waals surface area contributed by atoms with Crippen molar-refractivity contribution in [1.29, 1.82) is 0 Å². The molecule has 0 radical (unpaired) electrons. The first kappa shape index (κ1) is 13.8. The number of rotatable bonds is 3. The van der Waals surface area contributed by atoms with Crippen molar-refractivity contribution in [2.45, 2.75) is 0 Å². The first-order chi connectivity index (χ1) is 9.49. The quantitative estimate of drug-likeness (QED) is 0.660. The SMILES string of the molecule is O=C(O)Nc1cc(Cl)c(-c2ccccc2)cc1[N+](=O)[O-]. The summed E-state index contributed by atoms with van der Waals surface area (Å²) < 4.78 is 0. The third kappa shape index (κ3) is 2.86. The molecule has 0 saturated heterocycles. The van der Waals surface area contributed by atoms with E-state index in [1.807, 2.05) is 11.4 Å². The maximum atomic E-state index is 11.0. The molecule has 0 saturated carbocycles. The van der Waals surface area contributed by atoms with Gasteiger partial charge in [-0.2, -0.15) is 0 Å². The van der Waals surface area contributed by atoms with Crippen molar-refractivity contribution in [2.24, 2.45) is 0 Å². The maximum Gasteiger partial charge on any atom is 0.409 e. The normalized spacial score (nSPS) is 10.1. The Labute approximate surface area is 118 Å². The molecule has 7 heteroatoms. The molecule has 2 aromatic carbocycles. The fraction of sp³-hybridized carbons (Fsp3) is 0. The molecule has 0 spiro atoms. The van der Waals surface area contributed by atoms with Gasteiger partial charge < -0.3 is 5.11 Å². The average Bonchev–Trinajstić information content (AvgIpc) is 2.38. The molecular weight excluding hydrogens is 284 g/mol. The van der Waals surface area contributed by atoms with Gasteiger partial charge in [-0.1, -0.05) is 41.9 Å². The predicted molar refractivity (Wildman–Crippen MR) is 75.2 cm³/mol. The van der Waals surface area contributed by atoms with Crippen LogP contribution in [0.3, 0.4) is 0 Å². The molecule has 6 nitrogen and oxygen atoms in total. The second kappa shape index (κ2) is 5.58. The van der Waals surface area contributed by atoms with Crippen LogP contribution in [0.25, 0.3) is 11.1 Å². The van der Waals surface area contributed by atoms with Crippen molar-refractivity contribution in [2.75, 3.05) is 5.32 Å². The van der Waals surface area contributed by atoms with Gasteiger partial charge in [-0.3, -0.25) is 15.4 Å². The molecule has 0 bridgehead atoms. The van der Waals surface area contributed by atoms with Gasteiger partial charge in [-0.15, -0.1) is 0 Å². The largest absolute Gasteiger partial charge is 0.465 e. The first-order valence-electron chi connectivity index (χ1n) is 5.52. The monoisotopic (exact) mass is 292 g/mol. The molecule has 0 atom stereocenters. The topological polar surface area (TPSA) is 92.5 Å². The molecule has 0 fully saturated rings. The van der Waals surface area contributed by atoms with Crippen molar-refractivity contribution in [3.8, 4) is 11.1 Å². The Morgan fingerprint density at radius 3 is 2.45 bits per heavy atom. The van der Waals surface area contributed by atoms with Crippen molar-refractivity contribution in [3.05, 3.63) is 57.6 Å². The summed E-state index contributed by atoms with van der Waals surface area (Å²) in [5, 5.41) is 21.9. The van der Waals surface area contributed by atoms with Gasteiger partial charge in [-0.25, -0.2) is 4.79 Å². The Morgan fingerprint density at radius 1 is 1.25 bits per heavy atom. The molecule has 0 aliphatic carbocycles. The van der Waals surface area contributed by atoms with Crippen LogP contribution in [0.1, 0.15) is 0 Å². The number of hydrogen-bond donors (Lipinski definition) is 2. The number of nitrogens with zero attached hydrogens (tertiary/aromatic N) is 1. The lowest BCUT2D eigenvalue weighted by atomic mass is 10.0. The van der Waals surface area contributed by atoms with Gasteiger partial charge in [0.25, 0.3) is 5.69 Å². The van der Waals surface area contributed by atoms with Crippen LogP contribution in [0.5, 0.6) is 0 Å². The lowest BCUT2D eigenvalue weighted by Crippen LogP contribution is -2.09. The fourth-order valence-electron chi connectivity index (χ4n) is 1.77. The number of hydrogen-bond acceptors (Lipinski definition) is 3. The summed E-state index contributed by atoms with van der Waals surface area (Å²) in [6, 6.07) is 11.4. The molecular formula is C13H9ClN2O4. The van der Waals surface area contributed by atoms with E-state index in [9.17, 15) is 14.9 Å². The maximum absolute atomic E-state index is 11.0. The Kier molecular flexibility index (Phi) is 3.86. The van der Waals surface area contributed by atoms with E-state index in [-0.39, 0.29) is 16.4 Å². The molecule has 0 aliphatic heterocycles. The number of halogens is 1. The van der Waals surface area contributed by atoms with Gasteiger partial charge >= 0.3 is 6.09 Å². The lowest BCUT2D eigenvalue weighted by molar-refractivity contribution is -0.383. The van der Waals surface area contributed by atoms with E-state index in [0.717, 1.165) is 0 Å². The summed E-state index contributed by atoms with van der Waals surface area (Å²) in [4.78, 5) is 21.0. The smallest absolute Gasteiger partial charge is 0.409 e. The molecule has 0 unspecified atom stereocenters. The summed E-state index contributed by atoms with van der Waals surface area (Å²) in [7, 11) is 0. The van der Waals surface area contributed by atoms with Crippen LogP contribution in [0, 0.1) is 10.1 Å². The molecule has 0 aromatic heterocycles. The molecule has 2 aromatic rings. The minimum absolute atomic E-state index is 0.160. The van der Waals surface area contributed by atoms with Crippen molar-refractivity contribution in [3.63, 3.8) is 0 Å². The predicted octanol–water partition coefficient (Wildman–Crippen LogP) is 4.01. The minimum atomic E-state index is -1.39. The number of nitro groups is 1. The number of carboxylic acid groups (broad SMARTS) is 1. The minimum Gasteiger partial charge on any atom is -0.465 e. The molecule has 0 heterocycles. The molecule has 0 aliphatic rings. The number of amides is 1. The Morgan fingerprint density at radius 2 is 1.90 bits per heavy atom. The van der Waals surface area contributed by atoms with Crippen molar-refractivity contribution in [1.82, 2.24) is 0 Å². The lowest BCUT2D eigenvalue weighted by Gasteiger charge is -2.08. The Balaban J connectivity index is 2.59. The second-order valence-corrected chi connectivity index (χ2v) is 4.31. The van der Waals surface area contributed by atoms with Gasteiger partial charge in [0.05, 0.1) is 9.95 Å². The van der Waals surface area contributed by atoms with Crippen molar-refractivity contribution >= 4 is 29.1 Å². The van der Waals surface area contributed by atoms with Crippen LogP contribution >= 0.6 is 11.6 Å². The molecule has 102 valence electrons. The fourth-order valence-corrected chi connectivity index (χ4v) is 2.04. The van der Waals surface area contributed by atoms with E-state index in [1.54, 1.807) is 24.3 Å². The summed E-state index contributed by atoms with van der Waals surface area (Å²) in [5.74, 6) is 0. The number of benzene rings is 2. The van der Waals surface area contributed by atoms with E-state index in [0.29, 0.717) is 11.1 Å². The van der Waals surface area contributed by atoms with Crippen LogP contribution in [0.15, 0.2) is 42.5 Å². The van der Waals surface area contributed by atoms with E-state index >= 15 is 0 Å². The average molecular weight is 293 g/mol. The van der Waals surface area contributed by atoms with Gasteiger partial charge in [-0.05, 0) is 11.6 Å². The van der Waals surface area contributed by atoms with Crippen LogP contribution in [-0.4, -0.2) is 16.1 Å². The zero-order valence-electron chi connectivity index (χ0n) is 10.0. The second-order valence-electron chi connectivity index (χ2n) is 3.90. The van der Waals surface area contributed by atoms with Gasteiger partial charge in [0.1, 0.15) is 5.69 Å². The number of carbonyl (C=O) groups is 1. The number of nitro benzene ring substituents is 1. The highest BCUT2D eigenvalue weighted by Gasteiger charge is 2.19. The van der Waals surface area contributed by atoms with Gasteiger partial charge in [0.2, 0.25) is 0 Å². The van der Waals surface area contributed by atoms with E-state index < -0.39 is 11.0 Å². The van der Waals surface area contributed by atoms with Crippen LogP contribution in [0.4, 0.5) is 16.2 Å². The van der Waals surface area contributed by atoms with Crippen LogP contribution < -0.4 is 5.32 Å². The van der Waals surface area contributed by atoms with Gasteiger partial charge in [0, 0.05) is 11.6 Å².